The van der Waals surface area contributed by atoms with E-state index >= 15 is 0 Å². The second-order valence-corrected chi connectivity index (χ2v) is 6.25. The van der Waals surface area contributed by atoms with Crippen LogP contribution in [-0.4, -0.2) is 36.3 Å². The van der Waals surface area contributed by atoms with Crippen molar-refractivity contribution in [1.29, 1.82) is 0 Å². The molecule has 2 aromatic rings. The first kappa shape index (κ1) is 13.4. The minimum atomic E-state index is -0.695. The predicted molar refractivity (Wildman–Crippen MR) is 75.5 cm³/mol. The lowest BCUT2D eigenvalue weighted by Gasteiger charge is -2.20. The molecule has 0 spiro atoms. The topological polar surface area (TPSA) is 91.8 Å². The van der Waals surface area contributed by atoms with E-state index < -0.39 is 5.97 Å². The molecular weight excluding hydrogens is 276 g/mol. The van der Waals surface area contributed by atoms with Crippen LogP contribution in [0.4, 0.5) is 0 Å². The van der Waals surface area contributed by atoms with E-state index in [9.17, 15) is 9.90 Å². The average Bonchev–Trinajstić information content (AvgIpc) is 2.79. The van der Waals surface area contributed by atoms with Crippen LogP contribution in [0.3, 0.4) is 0 Å². The maximum atomic E-state index is 11.5. The van der Waals surface area contributed by atoms with Gasteiger partial charge in [-0.15, -0.1) is 0 Å². The summed E-state index contributed by atoms with van der Waals surface area (Å²) in [5, 5.41) is 10.3. The number of aromatic amines is 1. The second kappa shape index (κ2) is 5.78. The van der Waals surface area contributed by atoms with Crippen molar-refractivity contribution < 1.29 is 9.90 Å². The van der Waals surface area contributed by atoms with Gasteiger partial charge in [-0.2, -0.15) is 0 Å². The molecule has 7 heteroatoms. The van der Waals surface area contributed by atoms with Crippen LogP contribution in [0.25, 0.3) is 11.2 Å². The van der Waals surface area contributed by atoms with Gasteiger partial charge in [-0.05, 0) is 12.8 Å². The fraction of sp³-hybridized carbons (Fsp3) is 0.538. The van der Waals surface area contributed by atoms with Crippen molar-refractivity contribution in [2.45, 2.75) is 42.4 Å². The number of aliphatic carboxylic acids is 1. The summed E-state index contributed by atoms with van der Waals surface area (Å²) in [5.74, 6) is -0.991. The third-order valence-electron chi connectivity index (χ3n) is 3.72. The lowest BCUT2D eigenvalue weighted by atomic mass is 10.0. The van der Waals surface area contributed by atoms with Crippen molar-refractivity contribution in [3.05, 3.63) is 12.7 Å². The monoisotopic (exact) mass is 292 g/mol. The van der Waals surface area contributed by atoms with Gasteiger partial charge in [0.05, 0.1) is 12.2 Å². The summed E-state index contributed by atoms with van der Waals surface area (Å²) in [5.41, 5.74) is 1.42. The molecule has 1 fully saturated rings. The number of aromatic nitrogens is 4. The zero-order valence-corrected chi connectivity index (χ0v) is 11.8. The Balaban J connectivity index is 1.87. The highest BCUT2D eigenvalue weighted by atomic mass is 32.2. The van der Waals surface area contributed by atoms with E-state index in [4.69, 9.17) is 0 Å². The molecule has 0 aromatic carbocycles. The first-order valence-corrected chi connectivity index (χ1v) is 7.67. The maximum absolute atomic E-state index is 11.5. The minimum Gasteiger partial charge on any atom is -0.481 e. The fourth-order valence-corrected chi connectivity index (χ4v) is 4.04. The zero-order valence-electron chi connectivity index (χ0n) is 11.0. The van der Waals surface area contributed by atoms with Crippen molar-refractivity contribution in [3.63, 3.8) is 0 Å². The van der Waals surface area contributed by atoms with Crippen molar-refractivity contribution in [3.8, 4) is 0 Å². The standard InChI is InChI=1S/C13H16N4O2S/c18-13(19)8-4-2-1-3-5-9(8)20-12-10-11(15-6-14-10)16-7-17-12/h6-9H,1-5H2,(H,18,19)(H,14,15,16,17). The highest BCUT2D eigenvalue weighted by Crippen LogP contribution is 2.37. The van der Waals surface area contributed by atoms with Crippen molar-refractivity contribution >= 4 is 28.9 Å². The van der Waals surface area contributed by atoms with Crippen LogP contribution in [0.15, 0.2) is 17.7 Å². The van der Waals surface area contributed by atoms with Gasteiger partial charge in [-0.3, -0.25) is 4.79 Å². The average molecular weight is 292 g/mol. The van der Waals surface area contributed by atoms with E-state index in [2.05, 4.69) is 19.9 Å². The number of imidazole rings is 1. The number of fused-ring (bicyclic) bond motifs is 1. The Morgan fingerprint density at radius 1 is 1.25 bits per heavy atom. The normalized spacial score (nSPS) is 23.6. The molecule has 2 unspecified atom stereocenters. The summed E-state index contributed by atoms with van der Waals surface area (Å²) in [4.78, 5) is 27.0. The molecule has 2 N–H and O–H groups in total. The van der Waals surface area contributed by atoms with Crippen LogP contribution in [0.1, 0.15) is 32.1 Å². The number of carbonyl (C=O) groups is 1. The number of nitrogens with one attached hydrogen (secondary N) is 1. The van der Waals surface area contributed by atoms with Crippen LogP contribution in [0.5, 0.6) is 0 Å². The number of hydrogen-bond donors (Lipinski definition) is 2. The Labute approximate surface area is 120 Å². The van der Waals surface area contributed by atoms with Gasteiger partial charge in [-0.25, -0.2) is 15.0 Å². The molecule has 1 aliphatic carbocycles. The highest BCUT2D eigenvalue weighted by molar-refractivity contribution is 8.00. The zero-order chi connectivity index (χ0) is 13.9. The van der Waals surface area contributed by atoms with E-state index in [1.807, 2.05) is 0 Å². The Bertz CT molecular complexity index is 615. The molecule has 106 valence electrons. The van der Waals surface area contributed by atoms with Crippen LogP contribution < -0.4 is 0 Å². The van der Waals surface area contributed by atoms with Gasteiger partial charge in [0, 0.05) is 5.25 Å². The van der Waals surface area contributed by atoms with Gasteiger partial charge in [-0.1, -0.05) is 31.0 Å². The molecule has 1 aliphatic rings. The lowest BCUT2D eigenvalue weighted by Crippen LogP contribution is -2.24. The molecule has 20 heavy (non-hydrogen) atoms. The fourth-order valence-electron chi connectivity index (χ4n) is 2.67. The Morgan fingerprint density at radius 3 is 2.95 bits per heavy atom. The number of thioether (sulfide) groups is 1. The Hall–Kier alpha value is -1.63. The SMILES string of the molecule is O=C(O)C1CCCCCC1Sc1ncnc2nc[nH]c12. The first-order valence-electron chi connectivity index (χ1n) is 6.79. The molecule has 0 aliphatic heterocycles. The number of hydrogen-bond acceptors (Lipinski definition) is 5. The van der Waals surface area contributed by atoms with Crippen molar-refractivity contribution in [2.75, 3.05) is 0 Å². The Morgan fingerprint density at radius 2 is 2.10 bits per heavy atom. The third-order valence-corrected chi connectivity index (χ3v) is 5.12. The molecule has 3 rings (SSSR count). The Kier molecular flexibility index (Phi) is 3.86. The van der Waals surface area contributed by atoms with Crippen LogP contribution in [0.2, 0.25) is 0 Å². The van der Waals surface area contributed by atoms with Crippen molar-refractivity contribution in [2.24, 2.45) is 5.92 Å². The van der Waals surface area contributed by atoms with E-state index in [0.717, 1.165) is 42.6 Å². The first-order chi connectivity index (χ1) is 9.75. The summed E-state index contributed by atoms with van der Waals surface area (Å²) in [6.45, 7) is 0. The number of H-pyrrole nitrogens is 1. The summed E-state index contributed by atoms with van der Waals surface area (Å²) < 4.78 is 0. The van der Waals surface area contributed by atoms with E-state index in [1.54, 1.807) is 18.1 Å². The van der Waals surface area contributed by atoms with Crippen LogP contribution >= 0.6 is 11.8 Å². The quantitative estimate of drug-likeness (QED) is 0.667. The number of carboxylic acids is 1. The summed E-state index contributed by atoms with van der Waals surface area (Å²) in [6, 6.07) is 0. The summed E-state index contributed by atoms with van der Waals surface area (Å²) in [6.07, 6.45) is 7.94. The third kappa shape index (κ3) is 2.63. The molecule has 0 radical (unpaired) electrons. The molecular formula is C13H16N4O2S. The van der Waals surface area contributed by atoms with Gasteiger partial charge in [0.25, 0.3) is 0 Å². The molecule has 2 aromatic heterocycles. The molecule has 1 saturated carbocycles. The van der Waals surface area contributed by atoms with Gasteiger partial charge in [0.2, 0.25) is 0 Å². The van der Waals surface area contributed by atoms with Crippen LogP contribution in [0, 0.1) is 5.92 Å². The molecule has 2 heterocycles. The smallest absolute Gasteiger partial charge is 0.307 e. The van der Waals surface area contributed by atoms with Crippen LogP contribution in [-0.2, 0) is 4.79 Å². The second-order valence-electron chi connectivity index (χ2n) is 5.02. The molecule has 6 nitrogen and oxygen atoms in total. The molecule has 2 atom stereocenters. The van der Waals surface area contributed by atoms with Crippen molar-refractivity contribution in [1.82, 2.24) is 19.9 Å². The summed E-state index contributed by atoms with van der Waals surface area (Å²) >= 11 is 1.55. The molecule has 0 amide bonds. The predicted octanol–water partition coefficient (Wildman–Crippen LogP) is 2.48. The minimum absolute atomic E-state index is 0.0661. The lowest BCUT2D eigenvalue weighted by molar-refractivity contribution is -0.141. The number of nitrogens with zero attached hydrogens (tertiary/aromatic N) is 3. The van der Waals surface area contributed by atoms with Gasteiger partial charge in [0.15, 0.2) is 5.65 Å². The van der Waals surface area contributed by atoms with Gasteiger partial charge >= 0.3 is 5.97 Å². The number of carboxylic acid groups (broad SMARTS) is 1. The maximum Gasteiger partial charge on any atom is 0.307 e. The number of rotatable bonds is 3. The van der Waals surface area contributed by atoms with E-state index in [1.165, 1.54) is 6.33 Å². The van der Waals surface area contributed by atoms with E-state index in [0.29, 0.717) is 5.65 Å². The summed E-state index contributed by atoms with van der Waals surface area (Å²) in [7, 11) is 0. The highest BCUT2D eigenvalue weighted by Gasteiger charge is 2.31. The largest absolute Gasteiger partial charge is 0.481 e. The molecule has 0 saturated heterocycles. The molecule has 0 bridgehead atoms. The van der Waals surface area contributed by atoms with Gasteiger partial charge in [0.1, 0.15) is 16.9 Å². The van der Waals surface area contributed by atoms with Gasteiger partial charge < -0.3 is 10.1 Å². The van der Waals surface area contributed by atoms with E-state index in [-0.39, 0.29) is 11.2 Å².